The van der Waals surface area contributed by atoms with E-state index in [1.807, 2.05) is 41.8 Å². The van der Waals surface area contributed by atoms with Crippen LogP contribution in [-0.2, 0) is 22.5 Å². The highest BCUT2D eigenvalue weighted by atomic mass is 35.5. The maximum Gasteiger partial charge on any atom is 0.230 e. The molecule has 9 heteroatoms. The molecule has 1 fully saturated rings. The van der Waals surface area contributed by atoms with Crippen molar-refractivity contribution in [1.82, 2.24) is 20.1 Å². The Kier molecular flexibility index (Phi) is 7.43. The monoisotopic (exact) mass is 462 g/mol. The minimum Gasteiger partial charge on any atom is -0.376 e. The van der Waals surface area contributed by atoms with Crippen molar-refractivity contribution in [2.75, 3.05) is 18.9 Å². The zero-order valence-electron chi connectivity index (χ0n) is 16.4. The van der Waals surface area contributed by atoms with Crippen molar-refractivity contribution in [3.8, 4) is 10.7 Å². The van der Waals surface area contributed by atoms with E-state index >= 15 is 0 Å². The molecule has 0 aliphatic carbocycles. The molecule has 4 rings (SSSR count). The van der Waals surface area contributed by atoms with Gasteiger partial charge in [-0.1, -0.05) is 41.6 Å². The Labute approximate surface area is 189 Å². The Hall–Kier alpha value is -1.87. The van der Waals surface area contributed by atoms with Crippen molar-refractivity contribution in [3.63, 3.8) is 0 Å². The van der Waals surface area contributed by atoms with Crippen LogP contribution in [0.1, 0.15) is 18.4 Å². The molecule has 1 aromatic carbocycles. The molecule has 0 radical (unpaired) electrons. The van der Waals surface area contributed by atoms with E-state index in [4.69, 9.17) is 16.3 Å². The van der Waals surface area contributed by atoms with Crippen LogP contribution >= 0.6 is 34.7 Å². The molecule has 1 N–H and O–H groups in total. The molecule has 1 atom stereocenters. The fraction of sp³-hybridized carbons (Fsp3) is 0.381. The number of carbonyl (C=O) groups excluding carboxylic acids is 1. The smallest absolute Gasteiger partial charge is 0.230 e. The van der Waals surface area contributed by atoms with E-state index in [2.05, 4.69) is 20.1 Å². The van der Waals surface area contributed by atoms with Gasteiger partial charge in [0.25, 0.3) is 0 Å². The molecule has 1 amide bonds. The van der Waals surface area contributed by atoms with Crippen LogP contribution in [0.25, 0.3) is 10.7 Å². The van der Waals surface area contributed by atoms with Crippen LogP contribution < -0.4 is 5.32 Å². The molecule has 3 heterocycles. The van der Waals surface area contributed by atoms with Gasteiger partial charge in [-0.2, -0.15) is 0 Å². The first kappa shape index (κ1) is 21.4. The maximum atomic E-state index is 12.3. The Balaban J connectivity index is 1.34. The minimum atomic E-state index is -0.0155. The van der Waals surface area contributed by atoms with Crippen LogP contribution in [0.4, 0.5) is 0 Å². The molecule has 3 aromatic rings. The zero-order valence-corrected chi connectivity index (χ0v) is 18.8. The van der Waals surface area contributed by atoms with E-state index in [9.17, 15) is 4.79 Å². The van der Waals surface area contributed by atoms with E-state index in [-0.39, 0.29) is 12.0 Å². The molecule has 158 valence electrons. The number of ether oxygens (including phenoxy) is 1. The first-order chi connectivity index (χ1) is 14.7. The van der Waals surface area contributed by atoms with E-state index in [1.165, 1.54) is 11.8 Å². The number of rotatable bonds is 9. The van der Waals surface area contributed by atoms with Crippen LogP contribution in [0.5, 0.6) is 0 Å². The van der Waals surface area contributed by atoms with E-state index in [0.717, 1.165) is 47.3 Å². The second-order valence-electron chi connectivity index (χ2n) is 7.04. The number of benzene rings is 1. The van der Waals surface area contributed by atoms with Gasteiger partial charge in [0.15, 0.2) is 11.0 Å². The molecule has 1 saturated heterocycles. The average Bonchev–Trinajstić information content (AvgIpc) is 3.51. The Morgan fingerprint density at radius 2 is 2.17 bits per heavy atom. The van der Waals surface area contributed by atoms with E-state index < -0.39 is 0 Å². The first-order valence-corrected chi connectivity index (χ1v) is 12.2. The number of hydrogen-bond acceptors (Lipinski definition) is 6. The van der Waals surface area contributed by atoms with Gasteiger partial charge in [0.2, 0.25) is 5.91 Å². The van der Waals surface area contributed by atoms with Gasteiger partial charge in [0.05, 0.1) is 23.3 Å². The lowest BCUT2D eigenvalue weighted by Crippen LogP contribution is -2.27. The van der Waals surface area contributed by atoms with Crippen molar-refractivity contribution in [2.45, 2.75) is 37.1 Å². The lowest BCUT2D eigenvalue weighted by atomic mass is 10.1. The third kappa shape index (κ3) is 5.63. The summed E-state index contributed by atoms with van der Waals surface area (Å²) in [6.07, 6.45) is 3.06. The molecule has 1 aliphatic heterocycles. The lowest BCUT2D eigenvalue weighted by molar-refractivity contribution is -0.118. The van der Waals surface area contributed by atoms with E-state index in [0.29, 0.717) is 23.9 Å². The summed E-state index contributed by atoms with van der Waals surface area (Å²) in [5, 5.41) is 15.2. The average molecular weight is 463 g/mol. The molecule has 30 heavy (non-hydrogen) atoms. The molecule has 0 saturated carbocycles. The summed E-state index contributed by atoms with van der Waals surface area (Å²) in [5.41, 5.74) is 1.14. The van der Waals surface area contributed by atoms with Crippen LogP contribution in [0.3, 0.4) is 0 Å². The molecular weight excluding hydrogens is 440 g/mol. The van der Waals surface area contributed by atoms with Gasteiger partial charge in [0, 0.05) is 18.2 Å². The number of amides is 1. The van der Waals surface area contributed by atoms with Gasteiger partial charge in [-0.05, 0) is 48.4 Å². The maximum absolute atomic E-state index is 12.3. The number of nitrogens with zero attached hydrogens (tertiary/aromatic N) is 3. The lowest BCUT2D eigenvalue weighted by Gasteiger charge is -2.14. The first-order valence-electron chi connectivity index (χ1n) is 9.91. The molecule has 0 bridgehead atoms. The van der Waals surface area contributed by atoms with Gasteiger partial charge in [-0.15, -0.1) is 21.5 Å². The quantitative estimate of drug-likeness (QED) is 0.480. The second kappa shape index (κ2) is 10.4. The Morgan fingerprint density at radius 3 is 2.90 bits per heavy atom. The van der Waals surface area contributed by atoms with Gasteiger partial charge >= 0.3 is 0 Å². The summed E-state index contributed by atoms with van der Waals surface area (Å²) in [4.78, 5) is 13.4. The minimum absolute atomic E-state index is 0.0155. The number of halogens is 1. The topological polar surface area (TPSA) is 69.0 Å². The SMILES string of the molecule is O=C(CSc1nnc(-c2cccs2)n1CC1CCCO1)NCCc1ccc(Cl)cc1. The van der Waals surface area contributed by atoms with Gasteiger partial charge in [-0.3, -0.25) is 9.36 Å². The number of thioether (sulfide) groups is 1. The molecule has 2 aromatic heterocycles. The van der Waals surface area contributed by atoms with Crippen molar-refractivity contribution in [3.05, 3.63) is 52.4 Å². The van der Waals surface area contributed by atoms with Crippen molar-refractivity contribution in [1.29, 1.82) is 0 Å². The highest BCUT2D eigenvalue weighted by Gasteiger charge is 2.22. The third-order valence-electron chi connectivity index (χ3n) is 4.85. The number of carbonyl (C=O) groups is 1. The van der Waals surface area contributed by atoms with Crippen LogP contribution in [-0.4, -0.2) is 45.7 Å². The molecule has 6 nitrogen and oxygen atoms in total. The summed E-state index contributed by atoms with van der Waals surface area (Å²) in [7, 11) is 0. The summed E-state index contributed by atoms with van der Waals surface area (Å²) in [6.45, 7) is 2.10. The summed E-state index contributed by atoms with van der Waals surface area (Å²) in [5.74, 6) is 1.12. The highest BCUT2D eigenvalue weighted by molar-refractivity contribution is 7.99. The predicted octanol–water partition coefficient (Wildman–Crippen LogP) is 4.29. The number of hydrogen-bond donors (Lipinski definition) is 1. The summed E-state index contributed by atoms with van der Waals surface area (Å²) in [6, 6.07) is 11.7. The fourth-order valence-electron chi connectivity index (χ4n) is 3.32. The number of nitrogens with one attached hydrogen (secondary N) is 1. The zero-order chi connectivity index (χ0) is 20.8. The largest absolute Gasteiger partial charge is 0.376 e. The standard InChI is InChI=1S/C21H23ClN4O2S2/c22-16-7-5-15(6-8-16)9-10-23-19(27)14-30-21-25-24-20(18-4-2-12-29-18)26(21)13-17-3-1-11-28-17/h2,4-8,12,17H,1,3,9-11,13-14H2,(H,23,27). The highest BCUT2D eigenvalue weighted by Crippen LogP contribution is 2.29. The fourth-order valence-corrected chi connectivity index (χ4v) is 4.94. The number of aromatic nitrogens is 3. The second-order valence-corrected chi connectivity index (χ2v) is 9.37. The van der Waals surface area contributed by atoms with Gasteiger partial charge < -0.3 is 10.1 Å². The molecule has 1 aliphatic rings. The Bertz CT molecular complexity index is 954. The van der Waals surface area contributed by atoms with Crippen molar-refractivity contribution >= 4 is 40.6 Å². The van der Waals surface area contributed by atoms with Crippen LogP contribution in [0.2, 0.25) is 5.02 Å². The van der Waals surface area contributed by atoms with Gasteiger partial charge in [-0.25, -0.2) is 0 Å². The normalized spacial score (nSPS) is 16.1. The molecular formula is C21H23ClN4O2S2. The van der Waals surface area contributed by atoms with Crippen molar-refractivity contribution < 1.29 is 9.53 Å². The summed E-state index contributed by atoms with van der Waals surface area (Å²) >= 11 is 8.95. The van der Waals surface area contributed by atoms with Crippen LogP contribution in [0.15, 0.2) is 46.9 Å². The molecule has 1 unspecified atom stereocenters. The number of thiophene rings is 1. The predicted molar refractivity (Wildman–Crippen MR) is 121 cm³/mol. The van der Waals surface area contributed by atoms with Crippen LogP contribution in [0, 0.1) is 0 Å². The third-order valence-corrected chi connectivity index (χ3v) is 6.93. The van der Waals surface area contributed by atoms with Crippen molar-refractivity contribution in [2.24, 2.45) is 0 Å². The van der Waals surface area contributed by atoms with Gasteiger partial charge in [0.1, 0.15) is 0 Å². The molecule has 0 spiro atoms. The Morgan fingerprint density at radius 1 is 1.30 bits per heavy atom. The summed E-state index contributed by atoms with van der Waals surface area (Å²) < 4.78 is 7.90. The van der Waals surface area contributed by atoms with E-state index in [1.54, 1.807) is 11.3 Å².